The summed E-state index contributed by atoms with van der Waals surface area (Å²) in [6.45, 7) is 0.111. The van der Waals surface area contributed by atoms with Gasteiger partial charge in [0.25, 0.3) is 0 Å². The van der Waals surface area contributed by atoms with Gasteiger partial charge in [-0.15, -0.1) is 0 Å². The molecule has 0 heterocycles. The molecule has 0 bridgehead atoms. The Hall–Kier alpha value is -1.69. The fourth-order valence-corrected chi connectivity index (χ4v) is 0.971. The third kappa shape index (κ3) is 2.99. The van der Waals surface area contributed by atoms with Crippen LogP contribution in [-0.2, 0) is 6.54 Å². The molecule has 0 amide bonds. The zero-order chi connectivity index (χ0) is 10.4. The van der Waals surface area contributed by atoms with Gasteiger partial charge in [0.2, 0.25) is 0 Å². The summed E-state index contributed by atoms with van der Waals surface area (Å²) in [5.74, 6) is 0.287. The van der Waals surface area contributed by atoms with Crippen molar-refractivity contribution in [2.24, 2.45) is 5.11 Å². The molecule has 0 aromatic heterocycles. The lowest BCUT2D eigenvalue weighted by Crippen LogP contribution is -2.21. The number of azide groups is 1. The number of hydrogen-bond acceptors (Lipinski definition) is 4. The Labute approximate surface area is 80.6 Å². The highest BCUT2D eigenvalue weighted by atomic mass is 16.6. The minimum Gasteiger partial charge on any atom is -0.512 e. The summed E-state index contributed by atoms with van der Waals surface area (Å²) in [7, 11) is -1.87. The van der Waals surface area contributed by atoms with E-state index in [4.69, 9.17) is 15.6 Å². The van der Waals surface area contributed by atoms with Gasteiger partial charge in [0.05, 0.1) is 6.54 Å². The maximum absolute atomic E-state index is 8.59. The first-order chi connectivity index (χ1) is 6.74. The summed E-state index contributed by atoms with van der Waals surface area (Å²) in [4.78, 5) is 2.60. The van der Waals surface area contributed by atoms with Crippen LogP contribution in [0, 0.1) is 0 Å². The van der Waals surface area contributed by atoms with Crippen molar-refractivity contribution in [1.82, 2.24) is 0 Å². The Morgan fingerprint density at radius 2 is 2.14 bits per heavy atom. The molecule has 1 rings (SSSR count). The molecule has 1 aromatic rings. The lowest BCUT2D eigenvalue weighted by Gasteiger charge is -2.08. The zero-order valence-electron chi connectivity index (χ0n) is 7.24. The van der Waals surface area contributed by atoms with Gasteiger partial charge in [-0.3, -0.25) is 0 Å². The van der Waals surface area contributed by atoms with Crippen molar-refractivity contribution >= 4 is 7.32 Å². The molecule has 0 saturated carbocycles. The molecular formula is C7H8BN3O3. The fraction of sp³-hybridized carbons (Fsp3) is 0.143. The molecule has 2 N–H and O–H groups in total. The average molecular weight is 193 g/mol. The van der Waals surface area contributed by atoms with Gasteiger partial charge in [-0.1, -0.05) is 23.3 Å². The Bertz CT molecular complexity index is 352. The molecule has 0 fully saturated rings. The predicted molar refractivity (Wildman–Crippen MR) is 50.1 cm³/mol. The monoisotopic (exact) mass is 193 g/mol. The summed E-state index contributed by atoms with van der Waals surface area (Å²) in [6, 6.07) is 6.64. The molecule has 0 unspecified atom stereocenters. The van der Waals surface area contributed by atoms with Crippen LogP contribution in [0.3, 0.4) is 0 Å². The molecule has 0 radical (unpaired) electrons. The molecule has 14 heavy (non-hydrogen) atoms. The van der Waals surface area contributed by atoms with E-state index in [-0.39, 0.29) is 12.3 Å². The van der Waals surface area contributed by atoms with E-state index in [0.717, 1.165) is 0 Å². The predicted octanol–water partition coefficient (Wildman–Crippen LogP) is 0.845. The zero-order valence-corrected chi connectivity index (χ0v) is 7.24. The highest BCUT2D eigenvalue weighted by molar-refractivity contribution is 6.33. The lowest BCUT2D eigenvalue weighted by molar-refractivity contribution is 0.287. The van der Waals surface area contributed by atoms with Crippen LogP contribution in [0.15, 0.2) is 29.4 Å². The minimum absolute atomic E-state index is 0.111. The molecule has 0 saturated heterocycles. The van der Waals surface area contributed by atoms with Gasteiger partial charge >= 0.3 is 7.32 Å². The minimum atomic E-state index is -1.87. The molecule has 0 aliphatic carbocycles. The first-order valence-electron chi connectivity index (χ1n) is 3.85. The third-order valence-corrected chi connectivity index (χ3v) is 1.51. The van der Waals surface area contributed by atoms with E-state index in [9.17, 15) is 0 Å². The normalized spacial score (nSPS) is 9.00. The molecule has 0 aliphatic heterocycles. The van der Waals surface area contributed by atoms with E-state index < -0.39 is 7.32 Å². The van der Waals surface area contributed by atoms with Crippen molar-refractivity contribution < 1.29 is 14.7 Å². The van der Waals surface area contributed by atoms with Crippen LogP contribution in [-0.4, -0.2) is 17.4 Å². The van der Waals surface area contributed by atoms with E-state index in [2.05, 4.69) is 14.7 Å². The lowest BCUT2D eigenvalue weighted by atomic mass is 10.1. The van der Waals surface area contributed by atoms with E-state index in [0.29, 0.717) is 5.56 Å². The molecule has 1 aromatic carbocycles. The smallest absolute Gasteiger partial charge is 0.512 e. The Morgan fingerprint density at radius 3 is 2.79 bits per heavy atom. The maximum Gasteiger partial charge on any atom is 0.707 e. The van der Waals surface area contributed by atoms with Crippen LogP contribution in [0.1, 0.15) is 5.56 Å². The summed E-state index contributed by atoms with van der Waals surface area (Å²) < 4.78 is 4.67. The summed E-state index contributed by atoms with van der Waals surface area (Å²) in [6.07, 6.45) is 0. The van der Waals surface area contributed by atoms with Crippen molar-refractivity contribution in [2.75, 3.05) is 0 Å². The Kier molecular flexibility index (Phi) is 3.81. The molecule has 0 spiro atoms. The van der Waals surface area contributed by atoms with Crippen molar-refractivity contribution in [3.8, 4) is 5.75 Å². The summed E-state index contributed by atoms with van der Waals surface area (Å²) >= 11 is 0. The summed E-state index contributed by atoms with van der Waals surface area (Å²) in [5.41, 5.74) is 8.71. The van der Waals surface area contributed by atoms with Crippen LogP contribution >= 0.6 is 0 Å². The molecule has 0 atom stereocenters. The van der Waals surface area contributed by atoms with Gasteiger partial charge in [0.1, 0.15) is 5.75 Å². The summed E-state index contributed by atoms with van der Waals surface area (Å²) in [5, 5.41) is 20.5. The van der Waals surface area contributed by atoms with Crippen LogP contribution < -0.4 is 4.65 Å². The second kappa shape index (κ2) is 5.13. The van der Waals surface area contributed by atoms with Gasteiger partial charge < -0.3 is 14.7 Å². The molecule has 0 aliphatic rings. The fourth-order valence-electron chi connectivity index (χ4n) is 0.971. The quantitative estimate of drug-likeness (QED) is 0.320. The van der Waals surface area contributed by atoms with Crippen molar-refractivity contribution in [3.05, 3.63) is 40.3 Å². The highest BCUT2D eigenvalue weighted by Crippen LogP contribution is 2.18. The highest BCUT2D eigenvalue weighted by Gasteiger charge is 2.13. The van der Waals surface area contributed by atoms with E-state index in [1.54, 1.807) is 24.3 Å². The van der Waals surface area contributed by atoms with E-state index >= 15 is 0 Å². The molecular weight excluding hydrogens is 185 g/mol. The number of rotatable bonds is 4. The van der Waals surface area contributed by atoms with E-state index in [1.165, 1.54) is 0 Å². The van der Waals surface area contributed by atoms with Gasteiger partial charge in [-0.05, 0) is 17.2 Å². The van der Waals surface area contributed by atoms with Gasteiger partial charge in [0, 0.05) is 4.91 Å². The first kappa shape index (κ1) is 10.4. The third-order valence-electron chi connectivity index (χ3n) is 1.51. The second-order valence-corrected chi connectivity index (χ2v) is 2.44. The largest absolute Gasteiger partial charge is 0.707 e. The van der Waals surface area contributed by atoms with Crippen molar-refractivity contribution in [1.29, 1.82) is 0 Å². The van der Waals surface area contributed by atoms with Crippen LogP contribution in [0.2, 0.25) is 0 Å². The van der Waals surface area contributed by atoms with Crippen molar-refractivity contribution in [2.45, 2.75) is 6.54 Å². The van der Waals surface area contributed by atoms with Crippen molar-refractivity contribution in [3.63, 3.8) is 0 Å². The standard InChI is InChI=1S/C7H8BN3O3/c9-11-10-5-6-3-1-2-4-7(6)14-8(12)13/h1-4,12-13H,5H2. The Balaban J connectivity index is 2.84. The Morgan fingerprint density at radius 1 is 1.43 bits per heavy atom. The number of para-hydroxylation sites is 1. The molecule has 7 heteroatoms. The van der Waals surface area contributed by atoms with Gasteiger partial charge in [-0.25, -0.2) is 0 Å². The number of nitrogens with zero attached hydrogens (tertiary/aromatic N) is 3. The second-order valence-electron chi connectivity index (χ2n) is 2.44. The van der Waals surface area contributed by atoms with Crippen LogP contribution in [0.5, 0.6) is 5.75 Å². The number of hydrogen-bond donors (Lipinski definition) is 2. The molecule has 72 valence electrons. The average Bonchev–Trinajstić information content (AvgIpc) is 2.16. The van der Waals surface area contributed by atoms with Gasteiger partial charge in [-0.2, -0.15) is 0 Å². The maximum atomic E-state index is 8.59. The van der Waals surface area contributed by atoms with Crippen LogP contribution in [0.25, 0.3) is 10.4 Å². The SMILES string of the molecule is [N-]=[N+]=NCc1ccccc1OB(O)O. The molecule has 6 nitrogen and oxygen atoms in total. The van der Waals surface area contributed by atoms with Crippen LogP contribution in [0.4, 0.5) is 0 Å². The first-order valence-corrected chi connectivity index (χ1v) is 3.85. The van der Waals surface area contributed by atoms with E-state index in [1.807, 2.05) is 0 Å². The number of benzene rings is 1. The van der Waals surface area contributed by atoms with Gasteiger partial charge in [0.15, 0.2) is 0 Å². The topological polar surface area (TPSA) is 98.5 Å².